The van der Waals surface area contributed by atoms with Crippen LogP contribution in [0.5, 0.6) is 0 Å². The van der Waals surface area contributed by atoms with Crippen LogP contribution in [0, 0.1) is 0 Å². The maximum atomic E-state index is 8.33. The zero-order valence-electron chi connectivity index (χ0n) is 5.79. The van der Waals surface area contributed by atoms with Gasteiger partial charge in [0.25, 0.3) is 0 Å². The quantitative estimate of drug-likeness (QED) is 0.200. The Morgan fingerprint density at radius 1 is 1.40 bits per heavy atom. The Kier molecular flexibility index (Phi) is 5.56. The third-order valence-corrected chi connectivity index (χ3v) is 0.814. The van der Waals surface area contributed by atoms with Gasteiger partial charge in [-0.2, -0.15) is 0 Å². The summed E-state index contributed by atoms with van der Waals surface area (Å²) >= 11 is 0. The highest BCUT2D eigenvalue weighted by Gasteiger charge is 1.85. The molecule has 0 amide bonds. The van der Waals surface area contributed by atoms with E-state index in [2.05, 4.69) is 9.99 Å². The lowest BCUT2D eigenvalue weighted by molar-refractivity contribution is 0.133. The van der Waals surface area contributed by atoms with Gasteiger partial charge >= 0.3 is 0 Å². The Morgan fingerprint density at radius 3 is 2.60 bits per heavy atom. The summed E-state index contributed by atoms with van der Waals surface area (Å²) in [6.07, 6.45) is 1.47. The molecule has 0 aromatic carbocycles. The van der Waals surface area contributed by atoms with Crippen molar-refractivity contribution >= 4 is 5.96 Å². The van der Waals surface area contributed by atoms with E-state index < -0.39 is 0 Å². The summed E-state index contributed by atoms with van der Waals surface area (Å²) in [4.78, 5) is 4.62. The number of hydrogen-bond donors (Lipinski definition) is 3. The van der Waals surface area contributed by atoms with Gasteiger partial charge in [-0.15, -0.1) is 0 Å². The minimum atomic E-state index is -0.0796. The molecule has 5 N–H and O–H groups in total. The maximum absolute atomic E-state index is 8.33. The van der Waals surface area contributed by atoms with Crippen LogP contribution in [0.15, 0.2) is 5.16 Å². The molecule has 0 aliphatic carbocycles. The number of unbranched alkanes of at least 4 members (excludes halogenated alkanes) is 1. The first kappa shape index (κ1) is 9.03. The first-order valence-electron chi connectivity index (χ1n) is 3.09. The smallest absolute Gasteiger partial charge is 0.228 e. The van der Waals surface area contributed by atoms with E-state index in [4.69, 9.17) is 16.6 Å². The lowest BCUT2D eigenvalue weighted by Gasteiger charge is -1.96. The molecule has 60 valence electrons. The summed E-state index contributed by atoms with van der Waals surface area (Å²) in [5, 5.41) is 11.6. The molecule has 0 saturated heterocycles. The average molecular weight is 147 g/mol. The van der Waals surface area contributed by atoms with E-state index in [-0.39, 0.29) is 12.6 Å². The number of aliphatic hydroxyl groups excluding tert-OH is 1. The molecule has 10 heavy (non-hydrogen) atoms. The average Bonchev–Trinajstić information content (AvgIpc) is 1.87. The van der Waals surface area contributed by atoms with E-state index in [0.29, 0.717) is 13.0 Å². The van der Waals surface area contributed by atoms with Crippen LogP contribution in [-0.2, 0) is 4.84 Å². The number of hydrogen-bond acceptors (Lipinski definition) is 3. The normalized spacial score (nSPS) is 8.90. The van der Waals surface area contributed by atoms with E-state index >= 15 is 0 Å². The van der Waals surface area contributed by atoms with Crippen LogP contribution in [0.25, 0.3) is 0 Å². The van der Waals surface area contributed by atoms with Gasteiger partial charge in [0.15, 0.2) is 0 Å². The first-order chi connectivity index (χ1) is 4.77. The van der Waals surface area contributed by atoms with Gasteiger partial charge in [0.1, 0.15) is 6.61 Å². The van der Waals surface area contributed by atoms with Gasteiger partial charge in [-0.1, -0.05) is 0 Å². The van der Waals surface area contributed by atoms with Crippen LogP contribution in [-0.4, -0.2) is 24.3 Å². The number of guanidine groups is 1. The molecule has 0 aliphatic heterocycles. The van der Waals surface area contributed by atoms with E-state index in [1.807, 2.05) is 0 Å². The summed E-state index contributed by atoms with van der Waals surface area (Å²) in [7, 11) is 0. The molecule has 0 atom stereocenters. The molecule has 0 fully saturated rings. The molecule has 0 bridgehead atoms. The number of nitrogens with zero attached hydrogens (tertiary/aromatic N) is 1. The van der Waals surface area contributed by atoms with Gasteiger partial charge in [-0.05, 0) is 18.0 Å². The molecule has 0 aliphatic rings. The van der Waals surface area contributed by atoms with Crippen molar-refractivity contribution in [3.8, 4) is 0 Å². The third-order valence-electron chi connectivity index (χ3n) is 0.814. The second-order valence-corrected chi connectivity index (χ2v) is 1.78. The van der Waals surface area contributed by atoms with Crippen LogP contribution in [0.3, 0.4) is 0 Å². The molecule has 0 aromatic heterocycles. The molecular formula is C5H13N3O2. The third kappa shape index (κ3) is 7.03. The maximum Gasteiger partial charge on any atom is 0.228 e. The number of nitrogens with two attached hydrogens (primary N) is 2. The zero-order valence-corrected chi connectivity index (χ0v) is 5.79. The highest BCUT2D eigenvalue weighted by atomic mass is 16.6. The minimum absolute atomic E-state index is 0.0796. The largest absolute Gasteiger partial charge is 0.396 e. The summed E-state index contributed by atoms with van der Waals surface area (Å²) in [6.45, 7) is 0.615. The molecular weight excluding hydrogens is 134 g/mol. The Hall–Kier alpha value is -0.970. The van der Waals surface area contributed by atoms with Crippen molar-refractivity contribution in [3.05, 3.63) is 0 Å². The predicted octanol–water partition coefficient (Wildman–Crippen LogP) is -1.04. The number of aliphatic hydroxyl groups is 1. The molecule has 0 saturated carbocycles. The molecule has 0 radical (unpaired) electrons. The van der Waals surface area contributed by atoms with Crippen LogP contribution >= 0.6 is 0 Å². The Balaban J connectivity index is 2.98. The van der Waals surface area contributed by atoms with Gasteiger partial charge in [0.05, 0.1) is 0 Å². The van der Waals surface area contributed by atoms with Crippen molar-refractivity contribution in [3.63, 3.8) is 0 Å². The molecule has 0 spiro atoms. The van der Waals surface area contributed by atoms with Crippen molar-refractivity contribution < 1.29 is 9.94 Å². The van der Waals surface area contributed by atoms with Gasteiger partial charge in [0, 0.05) is 6.61 Å². The summed E-state index contributed by atoms with van der Waals surface area (Å²) in [5.74, 6) is -0.0796. The predicted molar refractivity (Wildman–Crippen MR) is 38.1 cm³/mol. The molecule has 0 unspecified atom stereocenters. The van der Waals surface area contributed by atoms with Gasteiger partial charge < -0.3 is 21.4 Å². The molecule has 0 aromatic rings. The SMILES string of the molecule is NC(N)=NOCCCCO. The monoisotopic (exact) mass is 147 g/mol. The van der Waals surface area contributed by atoms with Crippen LogP contribution < -0.4 is 11.5 Å². The van der Waals surface area contributed by atoms with E-state index in [1.165, 1.54) is 0 Å². The fourth-order valence-electron chi connectivity index (χ4n) is 0.399. The second kappa shape index (κ2) is 6.15. The molecule has 5 heteroatoms. The Morgan fingerprint density at radius 2 is 2.10 bits per heavy atom. The van der Waals surface area contributed by atoms with Crippen molar-refractivity contribution in [2.45, 2.75) is 12.8 Å². The lowest BCUT2D eigenvalue weighted by Crippen LogP contribution is -2.22. The fourth-order valence-corrected chi connectivity index (χ4v) is 0.399. The molecule has 0 heterocycles. The summed E-state index contributed by atoms with van der Waals surface area (Å²) in [6, 6.07) is 0. The van der Waals surface area contributed by atoms with Crippen molar-refractivity contribution in [1.82, 2.24) is 0 Å². The van der Waals surface area contributed by atoms with E-state index in [1.54, 1.807) is 0 Å². The summed E-state index contributed by atoms with van der Waals surface area (Å²) < 4.78 is 0. The van der Waals surface area contributed by atoms with Crippen LogP contribution in [0.4, 0.5) is 0 Å². The van der Waals surface area contributed by atoms with Crippen molar-refractivity contribution in [1.29, 1.82) is 0 Å². The minimum Gasteiger partial charge on any atom is -0.396 e. The highest BCUT2D eigenvalue weighted by molar-refractivity contribution is 5.74. The first-order valence-corrected chi connectivity index (χ1v) is 3.09. The van der Waals surface area contributed by atoms with E-state index in [0.717, 1.165) is 6.42 Å². The summed E-state index contributed by atoms with van der Waals surface area (Å²) in [5.41, 5.74) is 9.92. The van der Waals surface area contributed by atoms with Crippen LogP contribution in [0.2, 0.25) is 0 Å². The lowest BCUT2D eigenvalue weighted by atomic mass is 10.3. The van der Waals surface area contributed by atoms with Crippen molar-refractivity contribution in [2.24, 2.45) is 16.6 Å². The number of oxime groups is 1. The van der Waals surface area contributed by atoms with E-state index in [9.17, 15) is 0 Å². The molecule has 5 nitrogen and oxygen atoms in total. The Bertz CT molecular complexity index is 101. The van der Waals surface area contributed by atoms with Crippen LogP contribution in [0.1, 0.15) is 12.8 Å². The van der Waals surface area contributed by atoms with Crippen molar-refractivity contribution in [2.75, 3.05) is 13.2 Å². The topological polar surface area (TPSA) is 93.9 Å². The fraction of sp³-hybridized carbons (Fsp3) is 0.800. The standard InChI is InChI=1S/C5H13N3O2/c6-5(7)8-10-4-2-1-3-9/h9H,1-4H2,(H4,6,7,8). The second-order valence-electron chi connectivity index (χ2n) is 1.78. The van der Waals surface area contributed by atoms with Gasteiger partial charge in [-0.25, -0.2) is 0 Å². The zero-order chi connectivity index (χ0) is 7.82. The Labute approximate surface area is 59.6 Å². The highest BCUT2D eigenvalue weighted by Crippen LogP contribution is 1.87. The number of rotatable bonds is 5. The van der Waals surface area contributed by atoms with Gasteiger partial charge in [0.2, 0.25) is 5.96 Å². The molecule has 0 rings (SSSR count). The van der Waals surface area contributed by atoms with Gasteiger partial charge in [-0.3, -0.25) is 0 Å².